The number of pyridine rings is 1. The average molecular weight is 222 g/mol. The van der Waals surface area contributed by atoms with E-state index < -0.39 is 0 Å². The molecule has 0 amide bonds. The van der Waals surface area contributed by atoms with Crippen LogP contribution in [-0.4, -0.2) is 31.3 Å². The van der Waals surface area contributed by atoms with Crippen LogP contribution in [-0.2, 0) is 11.2 Å². The minimum atomic E-state index is 0.338. The van der Waals surface area contributed by atoms with Gasteiger partial charge in [0.15, 0.2) is 0 Å². The van der Waals surface area contributed by atoms with Crippen LogP contribution >= 0.6 is 0 Å². The highest BCUT2D eigenvalue weighted by Gasteiger charge is 2.09. The first-order chi connectivity index (χ1) is 7.76. The summed E-state index contributed by atoms with van der Waals surface area (Å²) in [5.41, 5.74) is 1.28. The number of rotatable bonds is 7. The second-order valence-corrected chi connectivity index (χ2v) is 4.17. The predicted octanol–water partition coefficient (Wildman–Crippen LogP) is 2.03. The van der Waals surface area contributed by atoms with Gasteiger partial charge < -0.3 is 10.1 Å². The molecule has 1 heterocycles. The second-order valence-electron chi connectivity index (χ2n) is 4.17. The van der Waals surface area contributed by atoms with Crippen molar-refractivity contribution in [2.24, 2.45) is 0 Å². The molecular weight excluding hydrogens is 200 g/mol. The average Bonchev–Trinajstić information content (AvgIpc) is 2.35. The van der Waals surface area contributed by atoms with E-state index in [-0.39, 0.29) is 0 Å². The van der Waals surface area contributed by atoms with Crippen LogP contribution in [0, 0.1) is 0 Å². The van der Waals surface area contributed by atoms with Gasteiger partial charge in [0.25, 0.3) is 0 Å². The van der Waals surface area contributed by atoms with Gasteiger partial charge in [0.2, 0.25) is 0 Å². The zero-order chi connectivity index (χ0) is 11.8. The molecule has 1 N–H and O–H groups in total. The topological polar surface area (TPSA) is 34.1 Å². The predicted molar refractivity (Wildman–Crippen MR) is 66.5 cm³/mol. The van der Waals surface area contributed by atoms with Gasteiger partial charge >= 0.3 is 0 Å². The van der Waals surface area contributed by atoms with Crippen molar-refractivity contribution < 1.29 is 4.74 Å². The number of methoxy groups -OCH3 is 1. The van der Waals surface area contributed by atoms with Crippen LogP contribution in [0.3, 0.4) is 0 Å². The van der Waals surface area contributed by atoms with Crippen molar-refractivity contribution in [3.63, 3.8) is 0 Å². The molecule has 1 aromatic rings. The van der Waals surface area contributed by atoms with E-state index >= 15 is 0 Å². The van der Waals surface area contributed by atoms with Gasteiger partial charge in [-0.1, -0.05) is 6.07 Å². The molecule has 0 aromatic carbocycles. The van der Waals surface area contributed by atoms with Crippen molar-refractivity contribution in [3.05, 3.63) is 30.1 Å². The Bertz CT molecular complexity index is 277. The van der Waals surface area contributed by atoms with Gasteiger partial charge in [0.05, 0.1) is 6.10 Å². The maximum absolute atomic E-state index is 5.26. The van der Waals surface area contributed by atoms with Crippen LogP contribution in [0.25, 0.3) is 0 Å². The summed E-state index contributed by atoms with van der Waals surface area (Å²) in [7, 11) is 3.78. The van der Waals surface area contributed by atoms with Crippen LogP contribution in [0.5, 0.6) is 0 Å². The van der Waals surface area contributed by atoms with Crippen molar-refractivity contribution in [1.82, 2.24) is 10.3 Å². The third kappa shape index (κ3) is 4.73. The van der Waals surface area contributed by atoms with E-state index in [0.29, 0.717) is 12.1 Å². The molecule has 2 atom stereocenters. The van der Waals surface area contributed by atoms with Crippen LogP contribution in [0.15, 0.2) is 24.5 Å². The van der Waals surface area contributed by atoms with E-state index in [1.807, 2.05) is 25.5 Å². The molecular formula is C13H22N2O. The van der Waals surface area contributed by atoms with Gasteiger partial charge in [-0.05, 0) is 44.9 Å². The number of aromatic nitrogens is 1. The number of hydrogen-bond acceptors (Lipinski definition) is 3. The highest BCUT2D eigenvalue weighted by molar-refractivity contribution is 5.10. The molecule has 16 heavy (non-hydrogen) atoms. The van der Waals surface area contributed by atoms with Gasteiger partial charge in [0.1, 0.15) is 0 Å². The van der Waals surface area contributed by atoms with Crippen LogP contribution < -0.4 is 5.32 Å². The Morgan fingerprint density at radius 1 is 1.44 bits per heavy atom. The molecule has 0 aliphatic heterocycles. The van der Waals surface area contributed by atoms with E-state index in [4.69, 9.17) is 4.74 Å². The normalized spacial score (nSPS) is 14.7. The third-order valence-corrected chi connectivity index (χ3v) is 2.94. The molecule has 0 radical (unpaired) electrons. The second kappa shape index (κ2) is 7.36. The lowest BCUT2D eigenvalue weighted by atomic mass is 10.0. The number of nitrogens with zero attached hydrogens (tertiary/aromatic N) is 1. The fourth-order valence-corrected chi connectivity index (χ4v) is 1.71. The molecule has 0 saturated heterocycles. The summed E-state index contributed by atoms with van der Waals surface area (Å²) in [6.07, 6.45) is 7.32. The largest absolute Gasteiger partial charge is 0.382 e. The highest BCUT2D eigenvalue weighted by Crippen LogP contribution is 2.09. The maximum atomic E-state index is 5.26. The number of hydrogen-bond donors (Lipinski definition) is 1. The van der Waals surface area contributed by atoms with E-state index in [1.54, 1.807) is 7.11 Å². The zero-order valence-corrected chi connectivity index (χ0v) is 10.4. The summed E-state index contributed by atoms with van der Waals surface area (Å²) in [5.74, 6) is 0. The van der Waals surface area contributed by atoms with Gasteiger partial charge in [-0.3, -0.25) is 4.98 Å². The molecule has 0 aliphatic rings. The molecule has 0 saturated carbocycles. The van der Waals surface area contributed by atoms with Crippen molar-refractivity contribution in [1.29, 1.82) is 0 Å². The first-order valence-corrected chi connectivity index (χ1v) is 5.85. The molecule has 1 aromatic heterocycles. The number of ether oxygens (including phenoxy) is 1. The minimum absolute atomic E-state index is 0.338. The fourth-order valence-electron chi connectivity index (χ4n) is 1.71. The summed E-state index contributed by atoms with van der Waals surface area (Å²) < 4.78 is 5.26. The standard InChI is InChI=1S/C13H22N2O/c1-11(16-3)6-7-13(14-2)9-12-5-4-8-15-10-12/h4-5,8,10-11,13-14H,6-7,9H2,1-3H3. The Morgan fingerprint density at radius 3 is 2.81 bits per heavy atom. The molecule has 2 unspecified atom stereocenters. The van der Waals surface area contributed by atoms with Crippen molar-refractivity contribution in [2.75, 3.05) is 14.2 Å². The zero-order valence-electron chi connectivity index (χ0n) is 10.4. The Hall–Kier alpha value is -0.930. The molecule has 0 aliphatic carbocycles. The van der Waals surface area contributed by atoms with Crippen molar-refractivity contribution >= 4 is 0 Å². The van der Waals surface area contributed by atoms with E-state index in [0.717, 1.165) is 19.3 Å². The lowest BCUT2D eigenvalue weighted by molar-refractivity contribution is 0.106. The van der Waals surface area contributed by atoms with E-state index in [9.17, 15) is 0 Å². The van der Waals surface area contributed by atoms with Gasteiger partial charge in [-0.15, -0.1) is 0 Å². The third-order valence-electron chi connectivity index (χ3n) is 2.94. The Kier molecular flexibility index (Phi) is 6.04. The lowest BCUT2D eigenvalue weighted by Crippen LogP contribution is -2.28. The first kappa shape index (κ1) is 13.1. The smallest absolute Gasteiger partial charge is 0.0543 e. The molecule has 3 heteroatoms. The fraction of sp³-hybridized carbons (Fsp3) is 0.615. The Labute approximate surface area is 98.2 Å². The molecule has 0 fully saturated rings. The number of nitrogens with one attached hydrogen (secondary N) is 1. The Balaban J connectivity index is 2.37. The summed E-state index contributed by atoms with van der Waals surface area (Å²) in [6, 6.07) is 4.61. The van der Waals surface area contributed by atoms with Gasteiger partial charge in [0, 0.05) is 25.5 Å². The van der Waals surface area contributed by atoms with E-state index in [2.05, 4.69) is 23.3 Å². The molecule has 0 bridgehead atoms. The van der Waals surface area contributed by atoms with Gasteiger partial charge in [-0.25, -0.2) is 0 Å². The lowest BCUT2D eigenvalue weighted by Gasteiger charge is -2.18. The Morgan fingerprint density at radius 2 is 2.25 bits per heavy atom. The van der Waals surface area contributed by atoms with Gasteiger partial charge in [-0.2, -0.15) is 0 Å². The van der Waals surface area contributed by atoms with Crippen LogP contribution in [0.1, 0.15) is 25.3 Å². The molecule has 0 spiro atoms. The van der Waals surface area contributed by atoms with Crippen molar-refractivity contribution in [2.45, 2.75) is 38.3 Å². The number of likely N-dealkylation sites (N-methyl/N-ethyl adjacent to an activating group) is 1. The quantitative estimate of drug-likeness (QED) is 0.766. The maximum Gasteiger partial charge on any atom is 0.0543 e. The van der Waals surface area contributed by atoms with Crippen molar-refractivity contribution in [3.8, 4) is 0 Å². The first-order valence-electron chi connectivity index (χ1n) is 5.85. The SMILES string of the molecule is CNC(CCC(C)OC)Cc1cccnc1. The summed E-state index contributed by atoms with van der Waals surface area (Å²) in [6.45, 7) is 2.11. The van der Waals surface area contributed by atoms with Crippen LogP contribution in [0.4, 0.5) is 0 Å². The van der Waals surface area contributed by atoms with E-state index in [1.165, 1.54) is 5.56 Å². The highest BCUT2D eigenvalue weighted by atomic mass is 16.5. The summed E-state index contributed by atoms with van der Waals surface area (Å²) >= 11 is 0. The molecule has 3 nitrogen and oxygen atoms in total. The summed E-state index contributed by atoms with van der Waals surface area (Å²) in [5, 5.41) is 3.35. The molecule has 1 rings (SSSR count). The monoisotopic (exact) mass is 222 g/mol. The molecule has 90 valence electrons. The minimum Gasteiger partial charge on any atom is -0.382 e. The summed E-state index contributed by atoms with van der Waals surface area (Å²) in [4.78, 5) is 4.13. The van der Waals surface area contributed by atoms with Crippen LogP contribution in [0.2, 0.25) is 0 Å².